The first-order valence-corrected chi connectivity index (χ1v) is 7.14. The molecule has 1 aromatic carbocycles. The summed E-state index contributed by atoms with van der Waals surface area (Å²) >= 11 is 0. The Morgan fingerprint density at radius 3 is 2.89 bits per heavy atom. The van der Waals surface area contributed by atoms with Gasteiger partial charge in [0.25, 0.3) is 0 Å². The van der Waals surface area contributed by atoms with Crippen molar-refractivity contribution in [1.29, 1.82) is 0 Å². The maximum absolute atomic E-state index is 11.7. The van der Waals surface area contributed by atoms with E-state index in [1.165, 1.54) is 0 Å². The molecule has 0 unspecified atom stereocenters. The summed E-state index contributed by atoms with van der Waals surface area (Å²) in [4.78, 5) is 15.0. The van der Waals surface area contributed by atoms with Crippen molar-refractivity contribution >= 4 is 32.6 Å². The lowest BCUT2D eigenvalue weighted by Crippen LogP contribution is -2.18. The molecular formula is C11H12N2O5S. The van der Waals surface area contributed by atoms with Crippen LogP contribution in [0.4, 0.5) is 5.69 Å². The number of nitrogens with two attached hydrogens (primary N) is 1. The molecule has 2 aromatic rings. The van der Waals surface area contributed by atoms with E-state index in [1.807, 2.05) is 0 Å². The number of nitrogen functional groups attached to an aromatic ring is 1. The molecule has 102 valence electrons. The highest BCUT2D eigenvalue weighted by Crippen LogP contribution is 2.19. The van der Waals surface area contributed by atoms with Crippen molar-refractivity contribution in [2.45, 2.75) is 5.75 Å². The van der Waals surface area contributed by atoms with Gasteiger partial charge in [0.05, 0.1) is 7.11 Å². The molecular weight excluding hydrogens is 272 g/mol. The van der Waals surface area contributed by atoms with E-state index in [0.717, 1.165) is 7.11 Å². The van der Waals surface area contributed by atoms with Crippen LogP contribution in [0, 0.1) is 0 Å². The van der Waals surface area contributed by atoms with Crippen molar-refractivity contribution in [2.75, 3.05) is 18.6 Å². The first-order valence-electron chi connectivity index (χ1n) is 5.32. The van der Waals surface area contributed by atoms with Gasteiger partial charge in [-0.3, -0.25) is 4.79 Å². The van der Waals surface area contributed by atoms with Crippen LogP contribution in [-0.2, 0) is 25.1 Å². The Labute approximate surface area is 109 Å². The van der Waals surface area contributed by atoms with Crippen molar-refractivity contribution in [1.82, 2.24) is 4.98 Å². The predicted molar refractivity (Wildman–Crippen MR) is 67.9 cm³/mol. The lowest BCUT2D eigenvalue weighted by molar-refractivity contribution is -0.137. The zero-order valence-electron chi connectivity index (χ0n) is 10.1. The third-order valence-corrected chi connectivity index (χ3v) is 3.73. The van der Waals surface area contributed by atoms with Crippen LogP contribution in [-0.4, -0.2) is 32.2 Å². The average molecular weight is 284 g/mol. The molecule has 19 heavy (non-hydrogen) atoms. The highest BCUT2D eigenvalue weighted by molar-refractivity contribution is 7.91. The number of ether oxygens (including phenoxy) is 1. The van der Waals surface area contributed by atoms with Gasteiger partial charge in [-0.25, -0.2) is 13.4 Å². The third kappa shape index (κ3) is 3.22. The Kier molecular flexibility index (Phi) is 3.43. The van der Waals surface area contributed by atoms with Crippen LogP contribution in [0.1, 0.15) is 5.89 Å². The van der Waals surface area contributed by atoms with E-state index in [0.29, 0.717) is 16.8 Å². The molecule has 1 aromatic heterocycles. The van der Waals surface area contributed by atoms with Crippen molar-refractivity contribution in [3.63, 3.8) is 0 Å². The van der Waals surface area contributed by atoms with Crippen LogP contribution in [0.15, 0.2) is 22.6 Å². The SMILES string of the molecule is COC(=O)CS(=O)(=O)Cc1nc2ccc(N)cc2o1. The Morgan fingerprint density at radius 2 is 2.21 bits per heavy atom. The number of methoxy groups -OCH3 is 1. The van der Waals surface area contributed by atoms with Crippen molar-refractivity contribution in [3.8, 4) is 0 Å². The molecule has 8 heteroatoms. The zero-order chi connectivity index (χ0) is 14.0. The Balaban J connectivity index is 2.23. The second kappa shape index (κ2) is 4.88. The maximum Gasteiger partial charge on any atom is 0.320 e. The Bertz CT molecular complexity index is 720. The summed E-state index contributed by atoms with van der Waals surface area (Å²) < 4.78 is 33.0. The molecule has 2 N–H and O–H groups in total. The Hall–Kier alpha value is -2.09. The number of hydrogen-bond donors (Lipinski definition) is 1. The number of benzene rings is 1. The number of rotatable bonds is 4. The van der Waals surface area contributed by atoms with Gasteiger partial charge in [0.2, 0.25) is 5.89 Å². The molecule has 0 radical (unpaired) electrons. The largest absolute Gasteiger partial charge is 0.468 e. The van der Waals surface area contributed by atoms with E-state index < -0.39 is 27.3 Å². The van der Waals surface area contributed by atoms with E-state index in [-0.39, 0.29) is 5.89 Å². The van der Waals surface area contributed by atoms with E-state index in [2.05, 4.69) is 9.72 Å². The van der Waals surface area contributed by atoms with E-state index in [1.54, 1.807) is 18.2 Å². The number of carbonyl (C=O) groups excluding carboxylic acids is 1. The fourth-order valence-electron chi connectivity index (χ4n) is 1.53. The number of aromatic nitrogens is 1. The maximum atomic E-state index is 11.7. The summed E-state index contributed by atoms with van der Waals surface area (Å²) in [6, 6.07) is 4.82. The summed E-state index contributed by atoms with van der Waals surface area (Å²) in [5.41, 5.74) is 6.99. The van der Waals surface area contributed by atoms with Crippen LogP contribution >= 0.6 is 0 Å². The highest BCUT2D eigenvalue weighted by Gasteiger charge is 2.21. The molecule has 7 nitrogen and oxygen atoms in total. The van der Waals surface area contributed by atoms with Gasteiger partial charge in [-0.1, -0.05) is 0 Å². The number of fused-ring (bicyclic) bond motifs is 1. The summed E-state index contributed by atoms with van der Waals surface area (Å²) in [7, 11) is -2.54. The number of anilines is 1. The van der Waals surface area contributed by atoms with Crippen molar-refractivity contribution in [2.24, 2.45) is 0 Å². The summed E-state index contributed by atoms with van der Waals surface area (Å²) in [5, 5.41) is 0. The van der Waals surface area contributed by atoms with Gasteiger partial charge >= 0.3 is 5.97 Å². The van der Waals surface area contributed by atoms with Crippen molar-refractivity contribution < 1.29 is 22.4 Å². The first kappa shape index (κ1) is 13.3. The van der Waals surface area contributed by atoms with Gasteiger partial charge in [0.1, 0.15) is 17.0 Å². The van der Waals surface area contributed by atoms with Gasteiger partial charge in [-0.05, 0) is 12.1 Å². The highest BCUT2D eigenvalue weighted by atomic mass is 32.2. The molecule has 0 bridgehead atoms. The van der Waals surface area contributed by atoms with Crippen LogP contribution in [0.5, 0.6) is 0 Å². The van der Waals surface area contributed by atoms with Gasteiger partial charge in [-0.2, -0.15) is 0 Å². The summed E-state index contributed by atoms with van der Waals surface area (Å²) in [5.74, 6) is -1.97. The quantitative estimate of drug-likeness (QED) is 0.642. The van der Waals surface area contributed by atoms with Crippen LogP contribution < -0.4 is 5.73 Å². The molecule has 0 amide bonds. The lowest BCUT2D eigenvalue weighted by atomic mass is 10.3. The predicted octanol–water partition coefficient (Wildman–Crippen LogP) is 0.498. The molecule has 0 spiro atoms. The topological polar surface area (TPSA) is 112 Å². The minimum Gasteiger partial charge on any atom is -0.468 e. The lowest BCUT2D eigenvalue weighted by Gasteiger charge is -1.99. The molecule has 0 fully saturated rings. The number of oxazole rings is 1. The first-order chi connectivity index (χ1) is 8.89. The molecule has 0 atom stereocenters. The molecule has 1 heterocycles. The van der Waals surface area contributed by atoms with Crippen LogP contribution in [0.2, 0.25) is 0 Å². The number of nitrogens with zero attached hydrogens (tertiary/aromatic N) is 1. The average Bonchev–Trinajstić information content (AvgIpc) is 2.68. The fourth-order valence-corrected chi connectivity index (χ4v) is 2.61. The van der Waals surface area contributed by atoms with E-state index >= 15 is 0 Å². The smallest absolute Gasteiger partial charge is 0.320 e. The summed E-state index contributed by atoms with van der Waals surface area (Å²) in [6.45, 7) is 0. The molecule has 0 saturated heterocycles. The van der Waals surface area contributed by atoms with Crippen LogP contribution in [0.25, 0.3) is 11.1 Å². The zero-order valence-corrected chi connectivity index (χ0v) is 10.9. The number of esters is 1. The molecule has 0 aliphatic rings. The monoisotopic (exact) mass is 284 g/mol. The normalized spacial score (nSPS) is 11.6. The molecule has 0 aliphatic heterocycles. The second-order valence-corrected chi connectivity index (χ2v) is 6.01. The Morgan fingerprint density at radius 1 is 1.47 bits per heavy atom. The number of sulfone groups is 1. The van der Waals surface area contributed by atoms with E-state index in [9.17, 15) is 13.2 Å². The van der Waals surface area contributed by atoms with Gasteiger partial charge in [-0.15, -0.1) is 0 Å². The van der Waals surface area contributed by atoms with Crippen LogP contribution in [0.3, 0.4) is 0 Å². The van der Waals surface area contributed by atoms with Gasteiger partial charge in [0.15, 0.2) is 15.4 Å². The van der Waals surface area contributed by atoms with E-state index in [4.69, 9.17) is 10.2 Å². The van der Waals surface area contributed by atoms with Gasteiger partial charge in [0, 0.05) is 11.8 Å². The van der Waals surface area contributed by atoms with Gasteiger partial charge < -0.3 is 14.9 Å². The number of hydrogen-bond acceptors (Lipinski definition) is 7. The minimum absolute atomic E-state index is 0.0181. The second-order valence-electron chi connectivity index (χ2n) is 3.94. The fraction of sp³-hybridized carbons (Fsp3) is 0.273. The summed E-state index contributed by atoms with van der Waals surface area (Å²) in [6.07, 6.45) is 0. The standard InChI is InChI=1S/C11H12N2O5S/c1-17-11(14)6-19(15,16)5-10-13-8-3-2-7(12)4-9(8)18-10/h2-4H,5-6,12H2,1H3. The molecule has 0 saturated carbocycles. The minimum atomic E-state index is -3.67. The molecule has 2 rings (SSSR count). The van der Waals surface area contributed by atoms with Crippen molar-refractivity contribution in [3.05, 3.63) is 24.1 Å². The number of carbonyl (C=O) groups is 1. The third-order valence-electron chi connectivity index (χ3n) is 2.37. The molecule has 0 aliphatic carbocycles.